The third-order valence-corrected chi connectivity index (χ3v) is 6.99. The zero-order valence-electron chi connectivity index (χ0n) is 19.2. The van der Waals surface area contributed by atoms with Crippen LogP contribution in [0.3, 0.4) is 0 Å². The van der Waals surface area contributed by atoms with E-state index in [0.29, 0.717) is 18.4 Å². The Balaban J connectivity index is 1.39. The number of nitrogens with zero attached hydrogens (tertiary/aromatic N) is 5. The van der Waals surface area contributed by atoms with E-state index in [1.807, 2.05) is 20.8 Å². The van der Waals surface area contributed by atoms with Crippen LogP contribution in [0.1, 0.15) is 65.0 Å². The lowest BCUT2D eigenvalue weighted by Gasteiger charge is -2.53. The van der Waals surface area contributed by atoms with Gasteiger partial charge in [0.15, 0.2) is 0 Å². The first kappa shape index (κ1) is 22.1. The van der Waals surface area contributed by atoms with E-state index in [0.717, 1.165) is 49.9 Å². The van der Waals surface area contributed by atoms with Gasteiger partial charge >= 0.3 is 0 Å². The molecule has 3 aliphatic carbocycles. The van der Waals surface area contributed by atoms with E-state index in [1.54, 1.807) is 30.1 Å². The second-order valence-corrected chi connectivity index (χ2v) is 9.84. The molecule has 2 aromatic heterocycles. The van der Waals surface area contributed by atoms with Crippen LogP contribution < -0.4 is 15.4 Å². The minimum atomic E-state index is -0.743. The topological polar surface area (TPSA) is 118 Å². The van der Waals surface area contributed by atoms with Gasteiger partial charge in [-0.1, -0.05) is 0 Å². The van der Waals surface area contributed by atoms with Crippen LogP contribution in [0.2, 0.25) is 0 Å². The molecule has 32 heavy (non-hydrogen) atoms. The van der Waals surface area contributed by atoms with E-state index < -0.39 is 5.54 Å². The molecule has 9 nitrogen and oxygen atoms in total. The molecule has 0 atom stereocenters. The molecule has 0 spiro atoms. The van der Waals surface area contributed by atoms with Gasteiger partial charge < -0.3 is 15.4 Å². The molecular weight excluding hydrogens is 406 g/mol. The maximum absolute atomic E-state index is 11.6. The van der Waals surface area contributed by atoms with E-state index in [-0.39, 0.29) is 16.9 Å². The molecule has 1 amide bonds. The molecule has 3 saturated carbocycles. The van der Waals surface area contributed by atoms with Gasteiger partial charge in [-0.2, -0.15) is 15.3 Å². The predicted octanol–water partition coefficient (Wildman–Crippen LogP) is 3.59. The molecule has 9 heteroatoms. The highest BCUT2D eigenvalue weighted by molar-refractivity contribution is 5.73. The Hall–Kier alpha value is -3.15. The molecule has 0 radical (unpaired) electrons. The molecule has 0 aliphatic heterocycles. The minimum Gasteiger partial charge on any atom is -0.477 e. The number of nitriles is 1. The highest BCUT2D eigenvalue weighted by Crippen LogP contribution is 2.52. The SMILES string of the molecule is CC(=O)NC12CCC(COc3ccnc(Nc4cn(C(C)(C)C#N)nc4C)n3)(CC1)CC2. The average Bonchev–Trinajstić information content (AvgIpc) is 3.14. The largest absolute Gasteiger partial charge is 0.477 e. The Morgan fingerprint density at radius 2 is 1.97 bits per heavy atom. The van der Waals surface area contributed by atoms with Crippen LogP contribution in [0.25, 0.3) is 0 Å². The quantitative estimate of drug-likeness (QED) is 0.679. The summed E-state index contributed by atoms with van der Waals surface area (Å²) in [6.45, 7) is 7.71. The molecule has 0 unspecified atom stereocenters. The lowest BCUT2D eigenvalue weighted by molar-refractivity contribution is -0.123. The lowest BCUT2D eigenvalue weighted by Crippen LogP contribution is -2.57. The van der Waals surface area contributed by atoms with Crippen molar-refractivity contribution in [3.63, 3.8) is 0 Å². The predicted molar refractivity (Wildman–Crippen MR) is 119 cm³/mol. The van der Waals surface area contributed by atoms with Gasteiger partial charge in [-0.15, -0.1) is 0 Å². The van der Waals surface area contributed by atoms with Gasteiger partial charge in [-0.3, -0.25) is 9.48 Å². The number of amides is 1. The van der Waals surface area contributed by atoms with Gasteiger partial charge in [0.2, 0.25) is 17.7 Å². The first-order chi connectivity index (χ1) is 15.1. The van der Waals surface area contributed by atoms with Crippen molar-refractivity contribution >= 4 is 17.5 Å². The van der Waals surface area contributed by atoms with Gasteiger partial charge in [0, 0.05) is 30.1 Å². The van der Waals surface area contributed by atoms with E-state index in [1.165, 1.54) is 0 Å². The van der Waals surface area contributed by atoms with E-state index in [9.17, 15) is 10.1 Å². The van der Waals surface area contributed by atoms with Crippen LogP contribution in [0, 0.1) is 23.7 Å². The number of carbonyl (C=O) groups excluding carboxylic acids is 1. The van der Waals surface area contributed by atoms with Crippen molar-refractivity contribution in [1.82, 2.24) is 25.1 Å². The highest BCUT2D eigenvalue weighted by Gasteiger charge is 2.49. The summed E-state index contributed by atoms with van der Waals surface area (Å²) in [5, 5.41) is 20.2. The molecule has 170 valence electrons. The van der Waals surface area contributed by atoms with Crippen molar-refractivity contribution in [1.29, 1.82) is 5.26 Å². The molecule has 0 aromatic carbocycles. The summed E-state index contributed by atoms with van der Waals surface area (Å²) in [6, 6.07) is 4.01. The van der Waals surface area contributed by atoms with E-state index in [4.69, 9.17) is 4.74 Å². The molecule has 0 saturated heterocycles. The molecule has 2 N–H and O–H groups in total. The van der Waals surface area contributed by atoms with E-state index >= 15 is 0 Å². The van der Waals surface area contributed by atoms with Gasteiger partial charge in [-0.05, 0) is 59.3 Å². The highest BCUT2D eigenvalue weighted by atomic mass is 16.5. The van der Waals surface area contributed by atoms with Gasteiger partial charge in [0.05, 0.1) is 30.3 Å². The summed E-state index contributed by atoms with van der Waals surface area (Å²) in [4.78, 5) is 20.4. The number of hydrogen-bond acceptors (Lipinski definition) is 7. The Morgan fingerprint density at radius 1 is 1.28 bits per heavy atom. The van der Waals surface area contributed by atoms with Crippen LogP contribution in [0.5, 0.6) is 5.88 Å². The number of carbonyl (C=O) groups is 1. The molecule has 3 fully saturated rings. The lowest BCUT2D eigenvalue weighted by atomic mass is 9.57. The van der Waals surface area contributed by atoms with Gasteiger partial charge in [0.25, 0.3) is 0 Å². The first-order valence-electron chi connectivity index (χ1n) is 11.1. The second kappa shape index (κ2) is 8.08. The zero-order valence-corrected chi connectivity index (χ0v) is 19.2. The van der Waals surface area contributed by atoms with Crippen LogP contribution in [0.15, 0.2) is 18.5 Å². The van der Waals surface area contributed by atoms with Crippen LogP contribution in [0.4, 0.5) is 11.6 Å². The summed E-state index contributed by atoms with van der Waals surface area (Å²) < 4.78 is 7.76. The summed E-state index contributed by atoms with van der Waals surface area (Å²) in [7, 11) is 0. The fourth-order valence-corrected chi connectivity index (χ4v) is 4.79. The van der Waals surface area contributed by atoms with Crippen LogP contribution >= 0.6 is 0 Å². The zero-order chi connectivity index (χ0) is 23.0. The number of hydrogen-bond donors (Lipinski definition) is 2. The summed E-state index contributed by atoms with van der Waals surface area (Å²) >= 11 is 0. The standard InChI is InChI=1S/C23H31N7O2/c1-16-18(13-30(29-16)21(3,4)14-24)26-20-25-12-5-19(27-20)32-15-22-6-9-23(10-7-22,11-8-22)28-17(2)31/h5,12-13H,6-11,15H2,1-4H3,(H,28,31)(H,25,26,27). The summed E-state index contributed by atoms with van der Waals surface area (Å²) in [6.07, 6.45) is 9.65. The number of fused-ring (bicyclic) bond motifs is 3. The third kappa shape index (κ3) is 4.40. The average molecular weight is 438 g/mol. The van der Waals surface area contributed by atoms with E-state index in [2.05, 4.69) is 31.8 Å². The normalized spacial score (nSPS) is 24.6. The van der Waals surface area contributed by atoms with Crippen molar-refractivity contribution in [2.24, 2.45) is 5.41 Å². The van der Waals surface area contributed by atoms with Crippen LogP contribution in [-0.4, -0.2) is 37.8 Å². The van der Waals surface area contributed by atoms with Crippen molar-refractivity contribution in [3.05, 3.63) is 24.2 Å². The number of ether oxygens (including phenoxy) is 1. The third-order valence-electron chi connectivity index (χ3n) is 6.99. The monoisotopic (exact) mass is 437 g/mol. The fourth-order valence-electron chi connectivity index (χ4n) is 4.79. The minimum absolute atomic E-state index is 0.0119. The van der Waals surface area contributed by atoms with Gasteiger partial charge in [-0.25, -0.2) is 4.98 Å². The van der Waals surface area contributed by atoms with Crippen molar-refractivity contribution in [2.75, 3.05) is 11.9 Å². The molecule has 3 aliphatic rings. The number of anilines is 2. The van der Waals surface area contributed by atoms with Gasteiger partial charge in [0.1, 0.15) is 5.54 Å². The fraction of sp³-hybridized carbons (Fsp3) is 0.609. The number of nitrogens with one attached hydrogen (secondary N) is 2. The van der Waals surface area contributed by atoms with Crippen LogP contribution in [-0.2, 0) is 10.3 Å². The number of rotatable bonds is 7. The maximum Gasteiger partial charge on any atom is 0.230 e. The molecule has 2 aromatic rings. The smallest absolute Gasteiger partial charge is 0.230 e. The Morgan fingerprint density at radius 3 is 2.59 bits per heavy atom. The van der Waals surface area contributed by atoms with Crippen molar-refractivity contribution in [2.45, 2.75) is 77.3 Å². The summed E-state index contributed by atoms with van der Waals surface area (Å²) in [5.74, 6) is 1.02. The molecular formula is C23H31N7O2. The number of aromatic nitrogens is 4. The second-order valence-electron chi connectivity index (χ2n) is 9.84. The number of aryl methyl sites for hydroxylation is 1. The molecule has 2 bridgehead atoms. The summed E-state index contributed by atoms with van der Waals surface area (Å²) in [5.41, 5.74) is 0.904. The maximum atomic E-state index is 11.6. The first-order valence-corrected chi connectivity index (χ1v) is 11.1. The Bertz CT molecular complexity index is 1030. The Labute approximate surface area is 188 Å². The molecule has 5 rings (SSSR count). The Kier molecular flexibility index (Phi) is 5.57. The molecule has 2 heterocycles. The van der Waals surface area contributed by atoms with Crippen molar-refractivity contribution in [3.8, 4) is 11.9 Å². The van der Waals surface area contributed by atoms with Crippen molar-refractivity contribution < 1.29 is 9.53 Å².